The molecule has 0 fully saturated rings. The van der Waals surface area contributed by atoms with E-state index < -0.39 is 0 Å². The highest BCUT2D eigenvalue weighted by Crippen LogP contribution is 2.52. The van der Waals surface area contributed by atoms with Crippen molar-refractivity contribution in [3.05, 3.63) is 485 Å². The number of benzene rings is 18. The van der Waals surface area contributed by atoms with Crippen LogP contribution in [0.25, 0.3) is 111 Å². The third-order valence-corrected chi connectivity index (χ3v) is 25.7. The molecule has 1 aliphatic heterocycles. The summed E-state index contributed by atoms with van der Waals surface area (Å²) in [5.41, 5.74) is 39.6. The number of aryl methyl sites for hydroxylation is 11. The van der Waals surface area contributed by atoms with Crippen LogP contribution in [0.3, 0.4) is 0 Å². The van der Waals surface area contributed by atoms with E-state index in [-0.39, 0.29) is 5.41 Å². The van der Waals surface area contributed by atoms with Gasteiger partial charge in [0.05, 0.1) is 69.7 Å². The largest absolute Gasteiger partial charge is 0.497 e. The zero-order chi connectivity index (χ0) is 92.8. The first-order chi connectivity index (χ1) is 65.1. The predicted molar refractivity (Wildman–Crippen MR) is 568 cm³/mol. The van der Waals surface area contributed by atoms with Crippen LogP contribution in [0, 0.1) is 76.2 Å². The molecule has 0 saturated heterocycles. The molecular formula is C125H113N7O2. The highest BCUT2D eigenvalue weighted by Gasteiger charge is 2.36. The normalized spacial score (nSPS) is 11.7. The number of anilines is 6. The van der Waals surface area contributed by atoms with E-state index in [0.29, 0.717) is 0 Å². The molecule has 0 bridgehead atoms. The molecule has 0 saturated carbocycles. The fourth-order valence-corrected chi connectivity index (χ4v) is 18.4. The van der Waals surface area contributed by atoms with E-state index in [4.69, 9.17) is 14.5 Å². The van der Waals surface area contributed by atoms with Gasteiger partial charge in [0.25, 0.3) is 0 Å². The molecule has 23 rings (SSSR count). The lowest BCUT2D eigenvalue weighted by Gasteiger charge is -2.42. The van der Waals surface area contributed by atoms with E-state index in [1.54, 1.807) is 14.2 Å². The molecule has 0 spiro atoms. The highest BCUT2D eigenvalue weighted by atomic mass is 16.5. The number of rotatable bonds is 11. The van der Waals surface area contributed by atoms with Crippen molar-refractivity contribution in [1.82, 2.24) is 23.3 Å². The summed E-state index contributed by atoms with van der Waals surface area (Å²) >= 11 is 0. The van der Waals surface area contributed by atoms with Gasteiger partial charge in [-0.3, -0.25) is 4.57 Å². The predicted octanol–water partition coefficient (Wildman–Crippen LogP) is 33.4. The molecule has 18 aromatic carbocycles. The Bertz CT molecular complexity index is 7640. The minimum atomic E-state index is 0.00832. The van der Waals surface area contributed by atoms with E-state index in [9.17, 15) is 0 Å². The Morgan fingerprint density at radius 3 is 0.881 bits per heavy atom. The van der Waals surface area contributed by atoms with Crippen molar-refractivity contribution < 1.29 is 9.47 Å². The van der Waals surface area contributed by atoms with Gasteiger partial charge in [-0.1, -0.05) is 287 Å². The van der Waals surface area contributed by atoms with Crippen molar-refractivity contribution in [3.8, 4) is 45.6 Å². The van der Waals surface area contributed by atoms with Crippen molar-refractivity contribution in [1.29, 1.82) is 0 Å². The lowest BCUT2D eigenvalue weighted by atomic mass is 9.73. The molecule has 0 unspecified atom stereocenters. The molecule has 0 amide bonds. The minimum Gasteiger partial charge on any atom is -0.497 e. The second kappa shape index (κ2) is 38.6. The summed E-state index contributed by atoms with van der Waals surface area (Å²) in [5, 5.41) is 7.62. The molecule has 5 heterocycles. The Hall–Kier alpha value is -16.0. The maximum Gasteiger partial charge on any atom is 0.145 e. The van der Waals surface area contributed by atoms with Crippen LogP contribution < -0.4 is 19.3 Å². The van der Waals surface area contributed by atoms with Crippen LogP contribution in [-0.2, 0) is 5.41 Å². The van der Waals surface area contributed by atoms with Gasteiger partial charge >= 0.3 is 0 Å². The maximum absolute atomic E-state index is 5.42. The molecule has 0 N–H and O–H groups in total. The third kappa shape index (κ3) is 18.4. The monoisotopic (exact) mass is 1740 g/mol. The van der Waals surface area contributed by atoms with E-state index >= 15 is 0 Å². The standard InChI is InChI=1S/C22H21N.C21H19NO2.C21H19N.C21H21N.C20H16N2.C20H17N/c1-16-12-14-17(15-13-16)23-20-10-6-4-8-18(20)22(2,3)19-9-5-7-11-21(19)23;1-14-4-6-15(7-5-14)22-20-10-8-16(23-2)12-18(20)19-13-17(24-3)9-11-21(19)22;1-14-4-8-17(9-5-14)22-20-10-6-15(2)12-18(20)19-13-16(3)7-11-21(19)22;1-16-4-10-19(11-5-16)22(20-12-6-17(2)7-13-20)21-14-8-18(3)9-15-21;1-15-11-13-17(14-12-15)22-19-10-6-5-9-18(19)21-20(22)16-7-3-2-4-8-16;1-14-7-10-16(11-8-14)21-19-6-4-3-5-17(19)18-13-15(2)9-12-20(18)21/h4-15H,1-3H3;4-13H,1-3H3;4-13H,1-3H3;4-15H,1-3H3;2-14H,1H3;3-13H,1-2H3. The van der Waals surface area contributed by atoms with Crippen LogP contribution in [0.2, 0.25) is 0 Å². The Labute approximate surface area is 788 Å². The number of nitrogens with zero attached hydrogens (tertiary/aromatic N) is 7. The maximum atomic E-state index is 5.42. The average molecular weight is 1750 g/mol. The Kier molecular flexibility index (Phi) is 25.5. The second-order valence-electron chi connectivity index (χ2n) is 36.0. The summed E-state index contributed by atoms with van der Waals surface area (Å²) in [6.07, 6.45) is 0. The third-order valence-electron chi connectivity index (χ3n) is 25.7. The number of hydrogen-bond acceptors (Lipinski definition) is 5. The topological polar surface area (TPSA) is 57.6 Å². The quantitative estimate of drug-likeness (QED) is 0.129. The number of fused-ring (bicyclic) bond motifs is 12. The summed E-state index contributed by atoms with van der Waals surface area (Å²) in [7, 11) is 3.39. The molecule has 4 aromatic heterocycles. The van der Waals surface area contributed by atoms with Crippen LogP contribution in [0.1, 0.15) is 86.2 Å². The fourth-order valence-electron chi connectivity index (χ4n) is 18.4. The smallest absolute Gasteiger partial charge is 0.145 e. The van der Waals surface area contributed by atoms with Crippen molar-refractivity contribution in [2.45, 2.75) is 95.4 Å². The van der Waals surface area contributed by atoms with Crippen LogP contribution in [-0.4, -0.2) is 37.5 Å². The fraction of sp³-hybridized carbons (Fsp3) is 0.128. The number of methoxy groups -OCH3 is 2. The Morgan fingerprint density at radius 1 is 0.231 bits per heavy atom. The van der Waals surface area contributed by atoms with E-state index in [1.807, 2.05) is 36.4 Å². The number of hydrogen-bond donors (Lipinski definition) is 0. The zero-order valence-corrected chi connectivity index (χ0v) is 79.2. The first-order valence-corrected chi connectivity index (χ1v) is 46.2. The van der Waals surface area contributed by atoms with E-state index in [0.717, 1.165) is 67.1 Å². The first kappa shape index (κ1) is 88.7. The van der Waals surface area contributed by atoms with Gasteiger partial charge in [-0.05, 0) is 287 Å². The summed E-state index contributed by atoms with van der Waals surface area (Å²) < 4.78 is 20.1. The second-order valence-corrected chi connectivity index (χ2v) is 36.0. The van der Waals surface area contributed by atoms with Gasteiger partial charge < -0.3 is 33.0 Å². The number of para-hydroxylation sites is 5. The molecule has 9 heteroatoms. The molecule has 9 nitrogen and oxygen atoms in total. The number of aromatic nitrogens is 5. The van der Waals surface area contributed by atoms with Gasteiger partial charge in [-0.15, -0.1) is 0 Å². The zero-order valence-electron chi connectivity index (χ0n) is 79.2. The average Bonchev–Trinajstić information content (AvgIpc) is 1.13. The Morgan fingerprint density at radius 2 is 0.507 bits per heavy atom. The van der Waals surface area contributed by atoms with Gasteiger partial charge in [-0.25, -0.2) is 4.98 Å². The molecule has 134 heavy (non-hydrogen) atoms. The lowest BCUT2D eigenvalue weighted by Crippen LogP contribution is -2.30. The van der Waals surface area contributed by atoms with Gasteiger partial charge in [0, 0.05) is 88.8 Å². The van der Waals surface area contributed by atoms with Crippen molar-refractivity contribution in [2.24, 2.45) is 0 Å². The SMILES string of the molecule is COc1ccc2c(c1)c1cc(OC)ccc1n2-c1ccc(C)cc1.Cc1ccc(-n2c(-c3ccccc3)nc3ccccc32)cc1.Cc1ccc(-n2c3ccc(C)cc3c3cc(C)ccc32)cc1.Cc1ccc(-n2c3ccccc3c3cc(C)ccc32)cc1.Cc1ccc(N(c2ccc(C)cc2)c2ccc(C)cc2)cc1.Cc1ccc(N2c3ccccc3C(C)(C)c3ccccc32)cc1. The van der Waals surface area contributed by atoms with E-state index in [2.05, 4.69) is 494 Å². The molecule has 660 valence electrons. The molecule has 1 aliphatic rings. The first-order valence-electron chi connectivity index (χ1n) is 46.2. The van der Waals surface area contributed by atoms with Crippen LogP contribution in [0.15, 0.2) is 413 Å². The summed E-state index contributed by atoms with van der Waals surface area (Å²) in [6, 6.07) is 147. The van der Waals surface area contributed by atoms with Crippen molar-refractivity contribution in [2.75, 3.05) is 24.0 Å². The molecule has 22 aromatic rings. The van der Waals surface area contributed by atoms with Crippen LogP contribution in [0.5, 0.6) is 11.5 Å². The van der Waals surface area contributed by atoms with Gasteiger partial charge in [0.2, 0.25) is 0 Å². The van der Waals surface area contributed by atoms with Crippen LogP contribution >= 0.6 is 0 Å². The molecule has 0 radical (unpaired) electrons. The summed E-state index contributed by atoms with van der Waals surface area (Å²) in [5.74, 6) is 2.69. The van der Waals surface area contributed by atoms with Gasteiger partial charge in [0.1, 0.15) is 17.3 Å². The van der Waals surface area contributed by atoms with E-state index in [1.165, 1.54) is 161 Å². The minimum absolute atomic E-state index is 0.00832. The highest BCUT2D eigenvalue weighted by molar-refractivity contribution is 6.12. The van der Waals surface area contributed by atoms with Crippen molar-refractivity contribution >= 4 is 111 Å². The lowest BCUT2D eigenvalue weighted by molar-refractivity contribution is 0.415. The van der Waals surface area contributed by atoms with Crippen LogP contribution in [0.4, 0.5) is 34.1 Å². The molecular weight excluding hydrogens is 1630 g/mol. The molecule has 0 aliphatic carbocycles. The van der Waals surface area contributed by atoms with Gasteiger partial charge in [0.15, 0.2) is 0 Å². The molecule has 0 atom stereocenters. The summed E-state index contributed by atoms with van der Waals surface area (Å²) in [6.45, 7) is 28.0. The van der Waals surface area contributed by atoms with Gasteiger partial charge in [-0.2, -0.15) is 0 Å². The Balaban J connectivity index is 0.000000108. The summed E-state index contributed by atoms with van der Waals surface area (Å²) in [4.78, 5) is 9.52. The number of imidazole rings is 1. The van der Waals surface area contributed by atoms with Crippen molar-refractivity contribution in [3.63, 3.8) is 0 Å². The number of ether oxygens (including phenoxy) is 2.